The third kappa shape index (κ3) is 1.48. The summed E-state index contributed by atoms with van der Waals surface area (Å²) in [4.78, 5) is 4.38. The normalized spacial score (nSPS) is 21.9. The van der Waals surface area contributed by atoms with Gasteiger partial charge in [0, 0.05) is 17.1 Å². The van der Waals surface area contributed by atoms with Gasteiger partial charge in [-0.15, -0.1) is 0 Å². The van der Waals surface area contributed by atoms with Crippen molar-refractivity contribution in [1.82, 2.24) is 4.98 Å². The van der Waals surface area contributed by atoms with Gasteiger partial charge < -0.3 is 0 Å². The van der Waals surface area contributed by atoms with Crippen molar-refractivity contribution < 1.29 is 0 Å². The molecule has 1 atom stereocenters. The fourth-order valence-electron chi connectivity index (χ4n) is 1.73. The van der Waals surface area contributed by atoms with E-state index in [2.05, 4.69) is 17.3 Å². The fraction of sp³-hybridized carbons (Fsp3) is 0.500. The molecule has 0 amide bonds. The van der Waals surface area contributed by atoms with Gasteiger partial charge in [-0.2, -0.15) is 11.8 Å². The molecule has 0 saturated carbocycles. The first-order valence-corrected chi connectivity index (χ1v) is 5.64. The first-order valence-electron chi connectivity index (χ1n) is 4.35. The van der Waals surface area contributed by atoms with E-state index >= 15 is 0 Å². The number of aromatic nitrogens is 1. The molecule has 0 radical (unpaired) electrons. The van der Waals surface area contributed by atoms with Crippen LogP contribution in [0.2, 0.25) is 0 Å². The van der Waals surface area contributed by atoms with E-state index in [-0.39, 0.29) is 0 Å². The molecule has 0 spiro atoms. The van der Waals surface area contributed by atoms with Crippen molar-refractivity contribution in [2.24, 2.45) is 0 Å². The second kappa shape index (κ2) is 3.48. The summed E-state index contributed by atoms with van der Waals surface area (Å²) in [7, 11) is 0. The third-order valence-corrected chi connectivity index (χ3v) is 3.54. The van der Waals surface area contributed by atoms with Crippen LogP contribution in [0.25, 0.3) is 0 Å². The van der Waals surface area contributed by atoms with E-state index in [0.717, 1.165) is 5.25 Å². The first kappa shape index (κ1) is 8.11. The molecule has 0 aliphatic heterocycles. The molecule has 0 N–H and O–H groups in total. The molecule has 2 rings (SSSR count). The van der Waals surface area contributed by atoms with E-state index in [9.17, 15) is 0 Å². The van der Waals surface area contributed by atoms with E-state index in [4.69, 9.17) is 0 Å². The van der Waals surface area contributed by atoms with Crippen molar-refractivity contribution in [2.45, 2.75) is 24.5 Å². The average Bonchev–Trinajstić information content (AvgIpc) is 2.17. The monoisotopic (exact) mass is 179 g/mol. The second-order valence-electron chi connectivity index (χ2n) is 3.21. The predicted molar refractivity (Wildman–Crippen MR) is 53.6 cm³/mol. The SMILES string of the molecule is CSC1CCc2ncccc2C1. The average molecular weight is 179 g/mol. The summed E-state index contributed by atoms with van der Waals surface area (Å²) < 4.78 is 0. The summed E-state index contributed by atoms with van der Waals surface area (Å²) >= 11 is 1.98. The summed E-state index contributed by atoms with van der Waals surface area (Å²) in [5.74, 6) is 0. The van der Waals surface area contributed by atoms with Gasteiger partial charge in [0.1, 0.15) is 0 Å². The zero-order valence-electron chi connectivity index (χ0n) is 7.29. The fourth-order valence-corrected chi connectivity index (χ4v) is 2.43. The number of fused-ring (bicyclic) bond motifs is 1. The molecule has 0 aromatic carbocycles. The van der Waals surface area contributed by atoms with Crippen LogP contribution in [0.1, 0.15) is 17.7 Å². The number of hydrogen-bond acceptors (Lipinski definition) is 2. The molecular formula is C10H13NS. The molecule has 1 aromatic heterocycles. The molecule has 0 fully saturated rings. The molecule has 12 heavy (non-hydrogen) atoms. The maximum atomic E-state index is 4.38. The van der Waals surface area contributed by atoms with Crippen molar-refractivity contribution in [3.05, 3.63) is 29.6 Å². The van der Waals surface area contributed by atoms with Crippen LogP contribution in [0, 0.1) is 0 Å². The lowest BCUT2D eigenvalue weighted by molar-refractivity contribution is 0.684. The zero-order valence-corrected chi connectivity index (χ0v) is 8.10. The highest BCUT2D eigenvalue weighted by Gasteiger charge is 2.17. The number of aryl methyl sites for hydroxylation is 1. The van der Waals surface area contributed by atoms with E-state index in [0.29, 0.717) is 0 Å². The zero-order chi connectivity index (χ0) is 8.39. The Hall–Kier alpha value is -0.500. The van der Waals surface area contributed by atoms with Crippen molar-refractivity contribution in [3.63, 3.8) is 0 Å². The van der Waals surface area contributed by atoms with Crippen LogP contribution in [-0.4, -0.2) is 16.5 Å². The van der Waals surface area contributed by atoms with Crippen molar-refractivity contribution >= 4 is 11.8 Å². The van der Waals surface area contributed by atoms with Crippen molar-refractivity contribution in [3.8, 4) is 0 Å². The highest BCUT2D eigenvalue weighted by molar-refractivity contribution is 7.99. The topological polar surface area (TPSA) is 12.9 Å². The Kier molecular flexibility index (Phi) is 2.35. The second-order valence-corrected chi connectivity index (χ2v) is 4.35. The lowest BCUT2D eigenvalue weighted by Crippen LogP contribution is -2.16. The predicted octanol–water partition coefficient (Wildman–Crippen LogP) is 2.30. The lowest BCUT2D eigenvalue weighted by atomic mass is 9.96. The minimum atomic E-state index is 0.821. The van der Waals surface area contributed by atoms with E-state index < -0.39 is 0 Å². The Morgan fingerprint density at radius 1 is 1.58 bits per heavy atom. The Bertz CT molecular complexity index is 272. The maximum absolute atomic E-state index is 4.38. The highest BCUT2D eigenvalue weighted by Crippen LogP contribution is 2.25. The van der Waals surface area contributed by atoms with Crippen LogP contribution >= 0.6 is 11.8 Å². The molecular weight excluding hydrogens is 166 g/mol. The van der Waals surface area contributed by atoms with E-state index in [1.54, 1.807) is 0 Å². The molecule has 0 bridgehead atoms. The summed E-state index contributed by atoms with van der Waals surface area (Å²) in [5.41, 5.74) is 2.78. The Balaban J connectivity index is 2.23. The number of pyridine rings is 1. The number of thioether (sulfide) groups is 1. The van der Waals surface area contributed by atoms with Crippen LogP contribution in [-0.2, 0) is 12.8 Å². The molecule has 1 nitrogen and oxygen atoms in total. The Labute approximate surface area is 77.6 Å². The van der Waals surface area contributed by atoms with Gasteiger partial charge >= 0.3 is 0 Å². The Morgan fingerprint density at radius 3 is 3.33 bits per heavy atom. The number of hydrogen-bond donors (Lipinski definition) is 0. The van der Waals surface area contributed by atoms with Gasteiger partial charge in [0.05, 0.1) is 0 Å². The molecule has 1 heterocycles. The van der Waals surface area contributed by atoms with E-state index in [1.165, 1.54) is 30.5 Å². The third-order valence-electron chi connectivity index (χ3n) is 2.47. The summed E-state index contributed by atoms with van der Waals surface area (Å²) in [5, 5.41) is 0.821. The van der Waals surface area contributed by atoms with Crippen LogP contribution in [0.15, 0.2) is 18.3 Å². The standard InChI is InChI=1S/C10H13NS/c1-12-9-4-5-10-8(7-9)3-2-6-11-10/h2-3,6,9H,4-5,7H2,1H3. The van der Waals surface area contributed by atoms with Gasteiger partial charge in [-0.25, -0.2) is 0 Å². The van der Waals surface area contributed by atoms with Crippen LogP contribution in [0.5, 0.6) is 0 Å². The quantitative estimate of drug-likeness (QED) is 0.656. The number of rotatable bonds is 1. The molecule has 0 saturated heterocycles. The van der Waals surface area contributed by atoms with Crippen LogP contribution < -0.4 is 0 Å². The van der Waals surface area contributed by atoms with Gasteiger partial charge in [-0.1, -0.05) is 6.07 Å². The highest BCUT2D eigenvalue weighted by atomic mass is 32.2. The maximum Gasteiger partial charge on any atom is 0.0436 e. The molecule has 2 heteroatoms. The largest absolute Gasteiger partial charge is 0.261 e. The van der Waals surface area contributed by atoms with Crippen LogP contribution in [0.4, 0.5) is 0 Å². The summed E-state index contributed by atoms with van der Waals surface area (Å²) in [6.45, 7) is 0. The molecule has 1 aliphatic carbocycles. The lowest BCUT2D eigenvalue weighted by Gasteiger charge is -2.21. The first-order chi connectivity index (χ1) is 5.90. The Morgan fingerprint density at radius 2 is 2.50 bits per heavy atom. The molecule has 1 unspecified atom stereocenters. The van der Waals surface area contributed by atoms with Gasteiger partial charge in [0.2, 0.25) is 0 Å². The van der Waals surface area contributed by atoms with E-state index in [1.807, 2.05) is 24.0 Å². The van der Waals surface area contributed by atoms with Gasteiger partial charge in [0.15, 0.2) is 0 Å². The minimum Gasteiger partial charge on any atom is -0.261 e. The van der Waals surface area contributed by atoms with Crippen LogP contribution in [0.3, 0.4) is 0 Å². The van der Waals surface area contributed by atoms with Crippen molar-refractivity contribution in [2.75, 3.05) is 6.26 Å². The minimum absolute atomic E-state index is 0.821. The molecule has 64 valence electrons. The molecule has 1 aromatic rings. The smallest absolute Gasteiger partial charge is 0.0436 e. The van der Waals surface area contributed by atoms with Crippen molar-refractivity contribution in [1.29, 1.82) is 0 Å². The summed E-state index contributed by atoms with van der Waals surface area (Å²) in [6.07, 6.45) is 7.78. The van der Waals surface area contributed by atoms with Gasteiger partial charge in [-0.05, 0) is 37.1 Å². The summed E-state index contributed by atoms with van der Waals surface area (Å²) in [6, 6.07) is 4.26. The number of nitrogens with zero attached hydrogens (tertiary/aromatic N) is 1. The molecule has 1 aliphatic rings. The van der Waals surface area contributed by atoms with Gasteiger partial charge in [-0.3, -0.25) is 4.98 Å². The van der Waals surface area contributed by atoms with Gasteiger partial charge in [0.25, 0.3) is 0 Å².